The number of fused-ring (bicyclic) bond motifs is 3. The lowest BCUT2D eigenvalue weighted by molar-refractivity contribution is -0.0508. The van der Waals surface area contributed by atoms with Gasteiger partial charge in [-0.15, -0.1) is 0 Å². The molecule has 3 saturated heterocycles. The number of hydrogen-bond donors (Lipinski definition) is 2. The summed E-state index contributed by atoms with van der Waals surface area (Å²) in [5, 5.41) is 10.4. The van der Waals surface area contributed by atoms with Crippen LogP contribution in [0.15, 0.2) is 18.2 Å². The van der Waals surface area contributed by atoms with E-state index in [1.165, 1.54) is 6.07 Å². The molecule has 0 amide bonds. The van der Waals surface area contributed by atoms with Gasteiger partial charge in [0.15, 0.2) is 11.8 Å². The molecule has 3 aromatic rings. The number of benzene rings is 1. The highest BCUT2D eigenvalue weighted by atomic mass is 35.5. The van der Waals surface area contributed by atoms with E-state index in [-0.39, 0.29) is 42.7 Å². The minimum atomic E-state index is -0.649. The normalized spacial score (nSPS) is 28.9. The topological polar surface area (TPSA) is 108 Å². The summed E-state index contributed by atoms with van der Waals surface area (Å²) < 4.78 is 43.4. The van der Waals surface area contributed by atoms with Crippen LogP contribution in [0.4, 0.5) is 4.39 Å². The van der Waals surface area contributed by atoms with E-state index in [0.717, 1.165) is 24.0 Å². The van der Waals surface area contributed by atoms with Crippen LogP contribution in [0.1, 0.15) is 29.2 Å². The number of imidazole rings is 1. The number of aryl methyl sites for hydroxylation is 1. The number of aromatic nitrogens is 3. The Morgan fingerprint density at radius 2 is 1.97 bits per heavy atom. The molecule has 0 bridgehead atoms. The number of nitrogens with one attached hydrogen (secondary N) is 1. The Balaban J connectivity index is 1.07. The zero-order valence-electron chi connectivity index (χ0n) is 20.0. The quantitative estimate of drug-likeness (QED) is 0.479. The molecule has 4 aliphatic rings. The van der Waals surface area contributed by atoms with Crippen molar-refractivity contribution in [3.8, 4) is 11.8 Å². The summed E-state index contributed by atoms with van der Waals surface area (Å²) >= 11 is 6.59. The van der Waals surface area contributed by atoms with Gasteiger partial charge in [0.2, 0.25) is 0 Å². The number of halogens is 2. The van der Waals surface area contributed by atoms with E-state index in [9.17, 15) is 5.11 Å². The van der Waals surface area contributed by atoms with Gasteiger partial charge in [0.1, 0.15) is 29.9 Å². The third kappa shape index (κ3) is 4.34. The standard InChI is InChI=1S/C26H27ClFN3O6/c27-16-6-19-25(31-26(30-19)37-21-11-36-23-20(32)10-35-24(21)23)29-18(16)4-14-2-1-13-3-15(5-17(28)22(13)14)34-9-12-7-33-8-12/h3,5-6,12,14,20-21,23-24,32H,1-2,4,7-11H2,(H,29,30,31)/t14?,20-,21-,23-,24-/m1/s1. The van der Waals surface area contributed by atoms with Gasteiger partial charge in [0.25, 0.3) is 6.01 Å². The molecule has 37 heavy (non-hydrogen) atoms. The third-order valence-electron chi connectivity index (χ3n) is 7.71. The Morgan fingerprint density at radius 1 is 1.11 bits per heavy atom. The predicted octanol–water partition coefficient (Wildman–Crippen LogP) is 2.95. The van der Waals surface area contributed by atoms with Crippen LogP contribution in [0.2, 0.25) is 5.02 Å². The molecule has 1 aliphatic carbocycles. The minimum Gasteiger partial charge on any atom is -0.493 e. The lowest BCUT2D eigenvalue weighted by Gasteiger charge is -2.25. The summed E-state index contributed by atoms with van der Waals surface area (Å²) in [6, 6.07) is 5.50. The van der Waals surface area contributed by atoms with Crippen molar-refractivity contribution in [1.82, 2.24) is 15.0 Å². The number of pyridine rings is 1. The van der Waals surface area contributed by atoms with Crippen LogP contribution in [-0.4, -0.2) is 77.5 Å². The zero-order valence-corrected chi connectivity index (χ0v) is 20.7. The van der Waals surface area contributed by atoms with Crippen LogP contribution in [0, 0.1) is 11.7 Å². The van der Waals surface area contributed by atoms with Crippen molar-refractivity contribution in [2.24, 2.45) is 5.92 Å². The highest BCUT2D eigenvalue weighted by Crippen LogP contribution is 2.40. The smallest absolute Gasteiger partial charge is 0.296 e. The highest BCUT2D eigenvalue weighted by molar-refractivity contribution is 6.31. The number of H-pyrrole nitrogens is 1. The van der Waals surface area contributed by atoms with Crippen molar-refractivity contribution in [2.75, 3.05) is 33.0 Å². The first kappa shape index (κ1) is 23.6. The van der Waals surface area contributed by atoms with Gasteiger partial charge in [0.05, 0.1) is 49.3 Å². The van der Waals surface area contributed by atoms with E-state index < -0.39 is 6.10 Å². The van der Waals surface area contributed by atoms with Gasteiger partial charge < -0.3 is 33.8 Å². The molecular weight excluding hydrogens is 505 g/mol. The first-order valence-corrected chi connectivity index (χ1v) is 13.1. The van der Waals surface area contributed by atoms with E-state index in [4.69, 9.17) is 35.3 Å². The Hall–Kier alpha value is -2.50. The summed E-state index contributed by atoms with van der Waals surface area (Å²) in [5.74, 6) is 0.679. The summed E-state index contributed by atoms with van der Waals surface area (Å²) in [7, 11) is 0. The van der Waals surface area contributed by atoms with Gasteiger partial charge in [-0.3, -0.25) is 0 Å². The van der Waals surface area contributed by atoms with Crippen LogP contribution in [0.5, 0.6) is 11.8 Å². The van der Waals surface area contributed by atoms with Crippen LogP contribution in [-0.2, 0) is 27.1 Å². The molecular formula is C26H27ClFN3O6. The van der Waals surface area contributed by atoms with Crippen molar-refractivity contribution < 1.29 is 33.2 Å². The fraction of sp³-hybridized carbons (Fsp3) is 0.538. The zero-order chi connectivity index (χ0) is 25.1. The van der Waals surface area contributed by atoms with Gasteiger partial charge in [-0.2, -0.15) is 4.98 Å². The van der Waals surface area contributed by atoms with E-state index in [0.29, 0.717) is 66.4 Å². The van der Waals surface area contributed by atoms with E-state index in [1.54, 1.807) is 6.07 Å². The number of aromatic amines is 1. The van der Waals surface area contributed by atoms with Crippen molar-refractivity contribution in [2.45, 2.75) is 49.6 Å². The van der Waals surface area contributed by atoms with Crippen LogP contribution in [0.25, 0.3) is 11.2 Å². The second-order valence-corrected chi connectivity index (χ2v) is 10.7. The highest BCUT2D eigenvalue weighted by Gasteiger charge is 2.48. The van der Waals surface area contributed by atoms with Gasteiger partial charge >= 0.3 is 0 Å². The number of nitrogens with zero attached hydrogens (tertiary/aromatic N) is 2. The average molecular weight is 532 g/mol. The molecule has 0 saturated carbocycles. The number of rotatable bonds is 7. The van der Waals surface area contributed by atoms with Gasteiger partial charge in [-0.25, -0.2) is 9.37 Å². The maximum Gasteiger partial charge on any atom is 0.296 e. The molecule has 7 rings (SSSR count). The Morgan fingerprint density at radius 3 is 2.81 bits per heavy atom. The molecule has 9 nitrogen and oxygen atoms in total. The maximum atomic E-state index is 15.2. The molecule has 196 valence electrons. The van der Waals surface area contributed by atoms with Crippen molar-refractivity contribution >= 4 is 22.8 Å². The van der Waals surface area contributed by atoms with Gasteiger partial charge in [0, 0.05) is 12.0 Å². The summed E-state index contributed by atoms with van der Waals surface area (Å²) in [5.41, 5.74) is 3.48. The molecule has 0 radical (unpaired) electrons. The van der Waals surface area contributed by atoms with E-state index >= 15 is 4.39 Å². The molecule has 2 N–H and O–H groups in total. The molecule has 0 spiro atoms. The second-order valence-electron chi connectivity index (χ2n) is 10.3. The van der Waals surface area contributed by atoms with Crippen LogP contribution in [0.3, 0.4) is 0 Å². The number of aliphatic hydroxyl groups excluding tert-OH is 1. The van der Waals surface area contributed by atoms with Gasteiger partial charge in [-0.05, 0) is 48.4 Å². The van der Waals surface area contributed by atoms with Crippen molar-refractivity contribution in [3.63, 3.8) is 0 Å². The molecule has 5 atom stereocenters. The summed E-state index contributed by atoms with van der Waals surface area (Å²) in [6.45, 7) is 2.47. The van der Waals surface area contributed by atoms with Crippen molar-refractivity contribution in [3.05, 3.63) is 45.9 Å². The SMILES string of the molecule is O[C@@H]1CO[C@H]2[C@@H]1OC[C@H]2Oc1nc2nc(CC3CCc4cc(OCC5COC5)cc(F)c43)c(Cl)cc2[nH]1. The molecule has 1 aromatic carbocycles. The first-order valence-electron chi connectivity index (χ1n) is 12.7. The fourth-order valence-corrected chi connectivity index (χ4v) is 5.95. The van der Waals surface area contributed by atoms with Gasteiger partial charge in [-0.1, -0.05) is 11.6 Å². The third-order valence-corrected chi connectivity index (χ3v) is 8.04. The Labute approximate surface area is 217 Å². The molecule has 3 fully saturated rings. The van der Waals surface area contributed by atoms with Crippen molar-refractivity contribution in [1.29, 1.82) is 0 Å². The van der Waals surface area contributed by atoms with E-state index in [1.807, 2.05) is 6.07 Å². The minimum absolute atomic E-state index is 0.0280. The fourth-order valence-electron chi connectivity index (χ4n) is 5.72. The molecule has 2 aromatic heterocycles. The largest absolute Gasteiger partial charge is 0.493 e. The molecule has 11 heteroatoms. The predicted molar refractivity (Wildman–Crippen MR) is 130 cm³/mol. The average Bonchev–Trinajstić information content (AvgIpc) is 3.60. The lowest BCUT2D eigenvalue weighted by atomic mass is 9.95. The number of ether oxygens (including phenoxy) is 5. The number of hydrogen-bond acceptors (Lipinski definition) is 8. The lowest BCUT2D eigenvalue weighted by Crippen LogP contribution is -2.34. The first-order chi connectivity index (χ1) is 18.0. The second kappa shape index (κ2) is 9.36. The Bertz CT molecular complexity index is 1330. The Kier molecular flexibility index (Phi) is 5.97. The van der Waals surface area contributed by atoms with Crippen LogP contribution >= 0.6 is 11.6 Å². The molecule has 1 unspecified atom stereocenters. The summed E-state index contributed by atoms with van der Waals surface area (Å²) in [6.07, 6.45) is 0.342. The molecule has 3 aliphatic heterocycles. The molecule has 5 heterocycles. The number of aliphatic hydroxyl groups is 1. The van der Waals surface area contributed by atoms with E-state index in [2.05, 4.69) is 15.0 Å². The maximum absolute atomic E-state index is 15.2. The summed E-state index contributed by atoms with van der Waals surface area (Å²) in [4.78, 5) is 12.3. The monoisotopic (exact) mass is 531 g/mol. The van der Waals surface area contributed by atoms with Crippen LogP contribution < -0.4 is 9.47 Å².